The van der Waals surface area contributed by atoms with E-state index in [4.69, 9.17) is 10.8 Å². The van der Waals surface area contributed by atoms with Gasteiger partial charge in [-0.3, -0.25) is 9.59 Å². The van der Waals surface area contributed by atoms with E-state index < -0.39 is 12.0 Å². The van der Waals surface area contributed by atoms with Gasteiger partial charge in [0.2, 0.25) is 0 Å². The fourth-order valence-corrected chi connectivity index (χ4v) is 0.828. The van der Waals surface area contributed by atoms with E-state index in [0.717, 1.165) is 5.56 Å². The van der Waals surface area contributed by atoms with E-state index in [9.17, 15) is 9.59 Å². The summed E-state index contributed by atoms with van der Waals surface area (Å²) in [6.45, 7) is 3.29. The summed E-state index contributed by atoms with van der Waals surface area (Å²) >= 11 is 0. The molecule has 16 heavy (non-hydrogen) atoms. The largest absolute Gasteiger partial charge is 0.480 e. The van der Waals surface area contributed by atoms with Gasteiger partial charge in [-0.05, 0) is 6.92 Å². The molecular weight excluding hydrogens is 206 g/mol. The molecule has 0 aliphatic carbocycles. The van der Waals surface area contributed by atoms with Crippen LogP contribution in [0.1, 0.15) is 30.6 Å². The quantitative estimate of drug-likeness (QED) is 0.764. The standard InChI is InChI=1S/C9H10O.C3H7NO2/c1-2-9(10)8-6-4-3-5-7-8;1-2(4)3(5)6/h3-7H,2H2,1H3;2H,4H2,1H3,(H,5,6)/t;2-/m.0/s1. The van der Waals surface area contributed by atoms with Gasteiger partial charge in [0, 0.05) is 12.0 Å². The van der Waals surface area contributed by atoms with Gasteiger partial charge >= 0.3 is 5.97 Å². The highest BCUT2D eigenvalue weighted by molar-refractivity contribution is 5.95. The number of carbonyl (C=O) groups is 2. The zero-order chi connectivity index (χ0) is 12.6. The maximum atomic E-state index is 11.0. The Kier molecular flexibility index (Phi) is 6.79. The summed E-state index contributed by atoms with van der Waals surface area (Å²) in [6, 6.07) is 8.61. The monoisotopic (exact) mass is 223 g/mol. The maximum absolute atomic E-state index is 11.0. The minimum atomic E-state index is -0.963. The van der Waals surface area contributed by atoms with Gasteiger partial charge in [0.15, 0.2) is 5.78 Å². The molecule has 0 fully saturated rings. The number of carbonyl (C=O) groups excluding carboxylic acids is 1. The highest BCUT2D eigenvalue weighted by Gasteiger charge is 1.99. The number of hydrogen-bond acceptors (Lipinski definition) is 3. The zero-order valence-electron chi connectivity index (χ0n) is 9.51. The summed E-state index contributed by atoms with van der Waals surface area (Å²) < 4.78 is 0. The van der Waals surface area contributed by atoms with Crippen molar-refractivity contribution < 1.29 is 14.7 Å². The van der Waals surface area contributed by atoms with Crippen LogP contribution < -0.4 is 5.73 Å². The molecule has 0 spiro atoms. The molecule has 1 rings (SSSR count). The van der Waals surface area contributed by atoms with E-state index in [1.165, 1.54) is 6.92 Å². The summed E-state index contributed by atoms with van der Waals surface area (Å²) in [4.78, 5) is 20.6. The van der Waals surface area contributed by atoms with Crippen molar-refractivity contribution in [1.29, 1.82) is 0 Å². The molecule has 0 heterocycles. The molecule has 1 aromatic rings. The SMILES string of the molecule is CCC(=O)c1ccccc1.C[C@H](N)C(=O)O. The first-order valence-electron chi connectivity index (χ1n) is 5.05. The number of carboxylic acids is 1. The number of rotatable bonds is 3. The predicted molar refractivity (Wildman–Crippen MR) is 62.3 cm³/mol. The Hall–Kier alpha value is -1.68. The van der Waals surface area contributed by atoms with Gasteiger partial charge in [0.1, 0.15) is 6.04 Å². The third kappa shape index (κ3) is 5.93. The summed E-state index contributed by atoms with van der Waals surface area (Å²) in [5, 5.41) is 7.87. The molecule has 3 N–H and O–H groups in total. The van der Waals surface area contributed by atoms with Crippen LogP contribution in [0.5, 0.6) is 0 Å². The van der Waals surface area contributed by atoms with Gasteiger partial charge in [-0.1, -0.05) is 37.3 Å². The lowest BCUT2D eigenvalue weighted by atomic mass is 10.1. The molecule has 88 valence electrons. The average molecular weight is 223 g/mol. The van der Waals surface area contributed by atoms with Crippen LogP contribution in [0.25, 0.3) is 0 Å². The van der Waals surface area contributed by atoms with Crippen molar-refractivity contribution in [3.63, 3.8) is 0 Å². The van der Waals surface area contributed by atoms with Crippen LogP contribution in [-0.4, -0.2) is 22.9 Å². The second-order valence-corrected chi connectivity index (χ2v) is 3.27. The van der Waals surface area contributed by atoms with Crippen molar-refractivity contribution in [2.75, 3.05) is 0 Å². The minimum absolute atomic E-state index is 0.209. The molecule has 0 aliphatic heterocycles. The van der Waals surface area contributed by atoms with Crippen molar-refractivity contribution in [2.45, 2.75) is 26.3 Å². The Morgan fingerprint density at radius 2 is 1.75 bits per heavy atom. The van der Waals surface area contributed by atoms with Crippen LogP contribution in [0.2, 0.25) is 0 Å². The van der Waals surface area contributed by atoms with E-state index in [2.05, 4.69) is 0 Å². The van der Waals surface area contributed by atoms with Crippen LogP contribution in [0.3, 0.4) is 0 Å². The Morgan fingerprint density at radius 1 is 1.31 bits per heavy atom. The van der Waals surface area contributed by atoms with Crippen molar-refractivity contribution >= 4 is 11.8 Å². The van der Waals surface area contributed by atoms with Crippen LogP contribution in [0.4, 0.5) is 0 Å². The maximum Gasteiger partial charge on any atom is 0.320 e. The van der Waals surface area contributed by atoms with Crippen molar-refractivity contribution in [1.82, 2.24) is 0 Å². The molecule has 4 nitrogen and oxygen atoms in total. The molecule has 1 aromatic carbocycles. The topological polar surface area (TPSA) is 80.4 Å². The highest BCUT2D eigenvalue weighted by atomic mass is 16.4. The summed E-state index contributed by atoms with van der Waals surface area (Å²) in [5.74, 6) is -0.754. The summed E-state index contributed by atoms with van der Waals surface area (Å²) in [6.07, 6.45) is 0.587. The number of ketones is 1. The normalized spacial score (nSPS) is 10.9. The van der Waals surface area contributed by atoms with Crippen molar-refractivity contribution in [2.24, 2.45) is 5.73 Å². The number of nitrogens with two attached hydrogens (primary N) is 1. The van der Waals surface area contributed by atoms with Gasteiger partial charge in [0.05, 0.1) is 0 Å². The number of carboxylic acid groups (broad SMARTS) is 1. The van der Waals surface area contributed by atoms with E-state index in [0.29, 0.717) is 6.42 Å². The molecule has 0 bridgehead atoms. The second kappa shape index (κ2) is 7.59. The fraction of sp³-hybridized carbons (Fsp3) is 0.333. The van der Waals surface area contributed by atoms with E-state index >= 15 is 0 Å². The Balaban J connectivity index is 0.000000325. The molecule has 0 aromatic heterocycles. The lowest BCUT2D eigenvalue weighted by Crippen LogP contribution is -2.25. The molecular formula is C12H17NO3. The number of hydrogen-bond donors (Lipinski definition) is 2. The number of aliphatic carboxylic acids is 1. The number of benzene rings is 1. The average Bonchev–Trinajstić information content (AvgIpc) is 2.30. The van der Waals surface area contributed by atoms with Crippen LogP contribution in [-0.2, 0) is 4.79 Å². The Morgan fingerprint density at radius 3 is 2.06 bits per heavy atom. The summed E-state index contributed by atoms with van der Waals surface area (Å²) in [7, 11) is 0. The first-order chi connectivity index (χ1) is 7.49. The van der Waals surface area contributed by atoms with Gasteiger partial charge in [-0.15, -0.1) is 0 Å². The van der Waals surface area contributed by atoms with Crippen LogP contribution in [0, 0.1) is 0 Å². The Bertz CT molecular complexity index is 333. The first kappa shape index (κ1) is 14.3. The highest BCUT2D eigenvalue weighted by Crippen LogP contribution is 2.01. The minimum Gasteiger partial charge on any atom is -0.480 e. The predicted octanol–water partition coefficient (Wildman–Crippen LogP) is 1.70. The zero-order valence-corrected chi connectivity index (χ0v) is 9.51. The lowest BCUT2D eigenvalue weighted by Gasteiger charge is -1.93. The number of Topliss-reactive ketones (excluding diaryl/α,β-unsaturated/α-hetero) is 1. The van der Waals surface area contributed by atoms with E-state index in [1.807, 2.05) is 37.3 Å². The smallest absolute Gasteiger partial charge is 0.320 e. The lowest BCUT2D eigenvalue weighted by molar-refractivity contribution is -0.138. The molecule has 1 atom stereocenters. The van der Waals surface area contributed by atoms with E-state index in [1.54, 1.807) is 0 Å². The van der Waals surface area contributed by atoms with Gasteiger partial charge in [0.25, 0.3) is 0 Å². The van der Waals surface area contributed by atoms with E-state index in [-0.39, 0.29) is 5.78 Å². The van der Waals surface area contributed by atoms with Crippen molar-refractivity contribution in [3.05, 3.63) is 35.9 Å². The molecule has 0 aliphatic rings. The Labute approximate surface area is 95.1 Å². The van der Waals surface area contributed by atoms with Gasteiger partial charge in [-0.2, -0.15) is 0 Å². The molecule has 4 heteroatoms. The van der Waals surface area contributed by atoms with Gasteiger partial charge < -0.3 is 10.8 Å². The van der Waals surface area contributed by atoms with Crippen LogP contribution >= 0.6 is 0 Å². The molecule has 0 radical (unpaired) electrons. The molecule has 0 unspecified atom stereocenters. The van der Waals surface area contributed by atoms with Crippen molar-refractivity contribution in [3.8, 4) is 0 Å². The van der Waals surface area contributed by atoms with Crippen LogP contribution in [0.15, 0.2) is 30.3 Å². The second-order valence-electron chi connectivity index (χ2n) is 3.27. The molecule has 0 saturated heterocycles. The first-order valence-corrected chi connectivity index (χ1v) is 5.05. The molecule has 0 amide bonds. The third-order valence-electron chi connectivity index (χ3n) is 1.81. The fourth-order valence-electron chi connectivity index (χ4n) is 0.828. The van der Waals surface area contributed by atoms with Gasteiger partial charge in [-0.25, -0.2) is 0 Å². The third-order valence-corrected chi connectivity index (χ3v) is 1.81. The molecule has 0 saturated carbocycles. The summed E-state index contributed by atoms with van der Waals surface area (Å²) in [5.41, 5.74) is 5.65.